The zero-order valence-corrected chi connectivity index (χ0v) is 11.0. The topological polar surface area (TPSA) is 68.3 Å². The highest BCUT2D eigenvalue weighted by atomic mass is 32.1. The normalized spacial score (nSPS) is 11.4. The number of hydrogen-bond acceptors (Lipinski definition) is 3. The summed E-state index contributed by atoms with van der Waals surface area (Å²) in [4.78, 5) is 12.2. The minimum absolute atomic E-state index is 0.229. The van der Waals surface area contributed by atoms with Gasteiger partial charge in [-0.25, -0.2) is 0 Å². The maximum absolute atomic E-state index is 12.0. The number of carbonyl (C=O) groups excluding carboxylic acids is 1. The van der Waals surface area contributed by atoms with Crippen LogP contribution in [0.25, 0.3) is 11.0 Å². The summed E-state index contributed by atoms with van der Waals surface area (Å²) in [5, 5.41) is 3.62. The van der Waals surface area contributed by atoms with E-state index in [1.807, 2.05) is 24.3 Å². The molecule has 2 rings (SSSR count). The number of fused-ring (bicyclic) bond motifs is 1. The monoisotopic (exact) mass is 262 g/mol. The number of rotatable bonds is 3. The first-order valence-electron chi connectivity index (χ1n) is 5.51. The van der Waals surface area contributed by atoms with E-state index in [1.54, 1.807) is 19.9 Å². The number of thiocarbonyl (C=S) groups is 1. The third-order valence-electron chi connectivity index (χ3n) is 2.69. The Bertz CT molecular complexity index is 583. The molecule has 1 aromatic heterocycles. The Hall–Kier alpha value is -1.88. The summed E-state index contributed by atoms with van der Waals surface area (Å²) in [5.74, 6) is -0.0791. The van der Waals surface area contributed by atoms with Gasteiger partial charge in [0.15, 0.2) is 5.76 Å². The Kier molecular flexibility index (Phi) is 3.09. The van der Waals surface area contributed by atoms with Crippen LogP contribution in [0.4, 0.5) is 0 Å². The van der Waals surface area contributed by atoms with Gasteiger partial charge in [-0.3, -0.25) is 4.79 Å². The van der Waals surface area contributed by atoms with E-state index >= 15 is 0 Å². The molecular formula is C13H14N2O2S. The van der Waals surface area contributed by atoms with Crippen LogP contribution in [0.2, 0.25) is 0 Å². The third kappa shape index (κ3) is 2.36. The Labute approximate surface area is 110 Å². The summed E-state index contributed by atoms with van der Waals surface area (Å²) >= 11 is 4.90. The van der Waals surface area contributed by atoms with Gasteiger partial charge in [-0.1, -0.05) is 30.4 Å². The van der Waals surface area contributed by atoms with E-state index in [0.29, 0.717) is 5.58 Å². The molecular weight excluding hydrogens is 248 g/mol. The second-order valence-corrected chi connectivity index (χ2v) is 5.03. The average molecular weight is 262 g/mol. The number of para-hydroxylation sites is 1. The number of nitrogens with two attached hydrogens (primary N) is 1. The minimum atomic E-state index is -0.745. The molecule has 3 N–H and O–H groups in total. The van der Waals surface area contributed by atoms with E-state index in [-0.39, 0.29) is 16.7 Å². The number of benzene rings is 1. The van der Waals surface area contributed by atoms with Gasteiger partial charge in [0.2, 0.25) is 0 Å². The fourth-order valence-corrected chi connectivity index (χ4v) is 1.55. The first-order chi connectivity index (χ1) is 8.40. The Morgan fingerprint density at radius 1 is 1.39 bits per heavy atom. The van der Waals surface area contributed by atoms with Crippen molar-refractivity contribution in [3.8, 4) is 0 Å². The van der Waals surface area contributed by atoms with Crippen LogP contribution in [0.3, 0.4) is 0 Å². The van der Waals surface area contributed by atoms with Gasteiger partial charge < -0.3 is 15.5 Å². The molecule has 0 radical (unpaired) electrons. The second kappa shape index (κ2) is 4.42. The van der Waals surface area contributed by atoms with E-state index in [9.17, 15) is 4.79 Å². The van der Waals surface area contributed by atoms with Crippen LogP contribution in [0.15, 0.2) is 34.7 Å². The standard InChI is InChI=1S/C13H14N2O2S/c1-13(2,12(14)18)15-11(16)10-7-8-5-3-4-6-9(8)17-10/h3-7H,1-2H3,(H2,14,18)(H,15,16). The summed E-state index contributed by atoms with van der Waals surface area (Å²) in [6, 6.07) is 9.13. The maximum Gasteiger partial charge on any atom is 0.287 e. The fraction of sp³-hybridized carbons (Fsp3) is 0.231. The van der Waals surface area contributed by atoms with Crippen molar-refractivity contribution in [1.29, 1.82) is 0 Å². The first kappa shape index (κ1) is 12.6. The van der Waals surface area contributed by atoms with Crippen molar-refractivity contribution in [2.45, 2.75) is 19.4 Å². The van der Waals surface area contributed by atoms with Gasteiger partial charge in [0.25, 0.3) is 5.91 Å². The molecule has 0 unspecified atom stereocenters. The molecule has 0 aliphatic carbocycles. The van der Waals surface area contributed by atoms with Crippen LogP contribution < -0.4 is 11.1 Å². The Morgan fingerprint density at radius 3 is 2.67 bits per heavy atom. The van der Waals surface area contributed by atoms with Gasteiger partial charge in [0.1, 0.15) is 5.58 Å². The smallest absolute Gasteiger partial charge is 0.287 e. The Balaban J connectivity index is 2.26. The van der Waals surface area contributed by atoms with E-state index in [0.717, 1.165) is 5.39 Å². The molecule has 0 saturated carbocycles. The molecule has 0 aliphatic rings. The lowest BCUT2D eigenvalue weighted by molar-refractivity contribution is 0.0906. The average Bonchev–Trinajstić information content (AvgIpc) is 2.71. The third-order valence-corrected chi connectivity index (χ3v) is 3.20. The molecule has 0 atom stereocenters. The van der Waals surface area contributed by atoms with Crippen molar-refractivity contribution < 1.29 is 9.21 Å². The SMILES string of the molecule is CC(C)(NC(=O)c1cc2ccccc2o1)C(N)=S. The van der Waals surface area contributed by atoms with Crippen molar-refractivity contribution in [1.82, 2.24) is 5.32 Å². The summed E-state index contributed by atoms with van der Waals surface area (Å²) in [6.07, 6.45) is 0. The molecule has 18 heavy (non-hydrogen) atoms. The highest BCUT2D eigenvalue weighted by Crippen LogP contribution is 2.19. The zero-order valence-electron chi connectivity index (χ0n) is 10.2. The van der Waals surface area contributed by atoms with E-state index in [4.69, 9.17) is 22.4 Å². The van der Waals surface area contributed by atoms with Crippen LogP contribution in [-0.4, -0.2) is 16.4 Å². The van der Waals surface area contributed by atoms with Gasteiger partial charge in [-0.15, -0.1) is 0 Å². The van der Waals surface area contributed by atoms with Crippen LogP contribution in [0, 0.1) is 0 Å². The molecule has 1 amide bonds. The molecule has 1 heterocycles. The van der Waals surface area contributed by atoms with Gasteiger partial charge in [-0.05, 0) is 26.0 Å². The van der Waals surface area contributed by atoms with Crippen molar-refractivity contribution in [2.24, 2.45) is 5.73 Å². The van der Waals surface area contributed by atoms with Crippen LogP contribution in [0.1, 0.15) is 24.4 Å². The van der Waals surface area contributed by atoms with Crippen molar-refractivity contribution in [3.05, 3.63) is 36.1 Å². The van der Waals surface area contributed by atoms with Crippen molar-refractivity contribution >= 4 is 34.1 Å². The van der Waals surface area contributed by atoms with Crippen molar-refractivity contribution in [2.75, 3.05) is 0 Å². The lowest BCUT2D eigenvalue weighted by Crippen LogP contribution is -2.52. The zero-order chi connectivity index (χ0) is 13.3. The van der Waals surface area contributed by atoms with Gasteiger partial charge in [0, 0.05) is 5.39 Å². The maximum atomic E-state index is 12.0. The number of hydrogen-bond donors (Lipinski definition) is 2. The molecule has 5 heteroatoms. The summed E-state index contributed by atoms with van der Waals surface area (Å²) in [5.41, 5.74) is 5.49. The van der Waals surface area contributed by atoms with E-state index in [1.165, 1.54) is 0 Å². The molecule has 0 fully saturated rings. The molecule has 94 valence electrons. The lowest BCUT2D eigenvalue weighted by atomic mass is 10.1. The Morgan fingerprint density at radius 2 is 2.06 bits per heavy atom. The quantitative estimate of drug-likeness (QED) is 0.832. The van der Waals surface area contributed by atoms with E-state index in [2.05, 4.69) is 5.32 Å². The van der Waals surface area contributed by atoms with Gasteiger partial charge in [-0.2, -0.15) is 0 Å². The molecule has 4 nitrogen and oxygen atoms in total. The predicted molar refractivity (Wildman–Crippen MR) is 74.5 cm³/mol. The summed E-state index contributed by atoms with van der Waals surface area (Å²) < 4.78 is 5.46. The van der Waals surface area contributed by atoms with Gasteiger partial charge in [0.05, 0.1) is 10.5 Å². The fourth-order valence-electron chi connectivity index (χ4n) is 1.50. The highest BCUT2D eigenvalue weighted by molar-refractivity contribution is 7.80. The molecule has 0 aliphatic heterocycles. The molecule has 2 aromatic rings. The first-order valence-corrected chi connectivity index (χ1v) is 5.92. The van der Waals surface area contributed by atoms with Crippen LogP contribution >= 0.6 is 12.2 Å². The van der Waals surface area contributed by atoms with Crippen LogP contribution in [0.5, 0.6) is 0 Å². The number of amides is 1. The number of furan rings is 1. The van der Waals surface area contributed by atoms with Gasteiger partial charge >= 0.3 is 0 Å². The molecule has 1 aromatic carbocycles. The van der Waals surface area contributed by atoms with Crippen molar-refractivity contribution in [3.63, 3.8) is 0 Å². The molecule has 0 spiro atoms. The lowest BCUT2D eigenvalue weighted by Gasteiger charge is -2.23. The largest absolute Gasteiger partial charge is 0.451 e. The summed E-state index contributed by atoms with van der Waals surface area (Å²) in [6.45, 7) is 3.49. The summed E-state index contributed by atoms with van der Waals surface area (Å²) in [7, 11) is 0. The number of nitrogens with one attached hydrogen (secondary N) is 1. The van der Waals surface area contributed by atoms with E-state index < -0.39 is 5.54 Å². The molecule has 0 saturated heterocycles. The van der Waals surface area contributed by atoms with Crippen LogP contribution in [-0.2, 0) is 0 Å². The second-order valence-electron chi connectivity index (χ2n) is 4.59. The minimum Gasteiger partial charge on any atom is -0.451 e. The number of carbonyl (C=O) groups is 1. The highest BCUT2D eigenvalue weighted by Gasteiger charge is 2.25. The predicted octanol–water partition coefficient (Wildman–Crippen LogP) is 2.23. The molecule has 0 bridgehead atoms.